The van der Waals surface area contributed by atoms with Gasteiger partial charge in [0.1, 0.15) is 0 Å². The van der Waals surface area contributed by atoms with Crippen molar-refractivity contribution in [2.75, 3.05) is 24.5 Å². The first-order valence-corrected chi connectivity index (χ1v) is 8.09. The third-order valence-corrected chi connectivity index (χ3v) is 4.56. The summed E-state index contributed by atoms with van der Waals surface area (Å²) in [6.45, 7) is 2.85. The predicted octanol–water partition coefficient (Wildman–Crippen LogP) is 1.68. The molecule has 0 bridgehead atoms. The monoisotopic (exact) mass is 287 g/mol. The zero-order valence-electron chi connectivity index (χ0n) is 12.6. The van der Waals surface area contributed by atoms with Crippen molar-refractivity contribution < 1.29 is 4.79 Å². The molecule has 4 heteroatoms. The molecule has 1 aromatic carbocycles. The first-order chi connectivity index (χ1) is 10.2. The van der Waals surface area contributed by atoms with E-state index in [1.54, 1.807) is 0 Å². The van der Waals surface area contributed by atoms with E-state index < -0.39 is 0 Å². The van der Waals surface area contributed by atoms with E-state index in [0.29, 0.717) is 12.3 Å². The third kappa shape index (κ3) is 3.76. The second-order valence-corrected chi connectivity index (χ2v) is 6.27. The van der Waals surface area contributed by atoms with Crippen LogP contribution in [0.1, 0.15) is 31.2 Å². The molecule has 1 aliphatic carbocycles. The highest BCUT2D eigenvalue weighted by atomic mass is 16.1. The Morgan fingerprint density at radius 2 is 2.19 bits per heavy atom. The summed E-state index contributed by atoms with van der Waals surface area (Å²) < 4.78 is 0. The molecule has 0 spiro atoms. The van der Waals surface area contributed by atoms with Gasteiger partial charge in [0, 0.05) is 37.8 Å². The molecule has 3 rings (SSSR count). The topological polar surface area (TPSA) is 58.4 Å². The summed E-state index contributed by atoms with van der Waals surface area (Å²) in [4.78, 5) is 14.2. The molecular formula is C17H25N3O. The minimum Gasteiger partial charge on any atom is -0.371 e. The van der Waals surface area contributed by atoms with Gasteiger partial charge in [-0.05, 0) is 43.2 Å². The Bertz CT molecular complexity index is 499. The van der Waals surface area contributed by atoms with Crippen molar-refractivity contribution in [1.29, 1.82) is 0 Å². The lowest BCUT2D eigenvalue weighted by molar-refractivity contribution is -0.121. The van der Waals surface area contributed by atoms with Crippen molar-refractivity contribution >= 4 is 11.6 Å². The molecule has 1 amide bonds. The number of carbonyl (C=O) groups excluding carboxylic acids is 1. The highest BCUT2D eigenvalue weighted by molar-refractivity contribution is 5.76. The molecule has 21 heavy (non-hydrogen) atoms. The Hall–Kier alpha value is -1.55. The quantitative estimate of drug-likeness (QED) is 0.750. The molecule has 0 saturated heterocycles. The highest BCUT2D eigenvalue weighted by Gasteiger charge is 2.29. The Balaban J connectivity index is 1.34. The van der Waals surface area contributed by atoms with E-state index in [0.717, 1.165) is 32.5 Å². The number of amides is 1. The number of fused-ring (bicyclic) bond motifs is 1. The maximum atomic E-state index is 11.8. The summed E-state index contributed by atoms with van der Waals surface area (Å²) in [6, 6.07) is 8.66. The van der Waals surface area contributed by atoms with Crippen molar-refractivity contribution in [2.45, 2.75) is 38.1 Å². The number of hydrogen-bond acceptors (Lipinski definition) is 3. The molecule has 3 N–H and O–H groups in total. The van der Waals surface area contributed by atoms with Crippen molar-refractivity contribution in [1.82, 2.24) is 5.32 Å². The van der Waals surface area contributed by atoms with Crippen molar-refractivity contribution in [3.05, 3.63) is 29.8 Å². The van der Waals surface area contributed by atoms with Gasteiger partial charge in [0.05, 0.1) is 0 Å². The zero-order valence-corrected chi connectivity index (χ0v) is 12.6. The van der Waals surface area contributed by atoms with Gasteiger partial charge in [-0.2, -0.15) is 0 Å². The fourth-order valence-electron chi connectivity index (χ4n) is 3.11. The van der Waals surface area contributed by atoms with Gasteiger partial charge in [-0.1, -0.05) is 18.2 Å². The van der Waals surface area contributed by atoms with Crippen molar-refractivity contribution in [3.8, 4) is 0 Å². The normalized spacial score (nSPS) is 18.4. The molecule has 0 aromatic heterocycles. The number of nitrogens with two attached hydrogens (primary N) is 1. The SMILES string of the molecule is NC(CC(=O)NCCCN1CCc2ccccc21)C1CC1. The van der Waals surface area contributed by atoms with Crippen LogP contribution in [0.2, 0.25) is 0 Å². The van der Waals surface area contributed by atoms with Crippen LogP contribution < -0.4 is 16.0 Å². The van der Waals surface area contributed by atoms with Crippen LogP contribution in [0.3, 0.4) is 0 Å². The van der Waals surface area contributed by atoms with E-state index in [4.69, 9.17) is 5.73 Å². The van der Waals surface area contributed by atoms with Gasteiger partial charge in [0.2, 0.25) is 5.91 Å². The Labute approximate surface area is 126 Å². The third-order valence-electron chi connectivity index (χ3n) is 4.56. The molecule has 1 atom stereocenters. The van der Waals surface area contributed by atoms with E-state index in [-0.39, 0.29) is 11.9 Å². The Morgan fingerprint density at radius 3 is 3.00 bits per heavy atom. The van der Waals surface area contributed by atoms with Crippen LogP contribution in [-0.4, -0.2) is 31.6 Å². The smallest absolute Gasteiger partial charge is 0.221 e. The maximum Gasteiger partial charge on any atom is 0.221 e. The van der Waals surface area contributed by atoms with Crippen molar-refractivity contribution in [3.63, 3.8) is 0 Å². The van der Waals surface area contributed by atoms with Gasteiger partial charge in [-0.25, -0.2) is 0 Å². The lowest BCUT2D eigenvalue weighted by Gasteiger charge is -2.19. The molecular weight excluding hydrogens is 262 g/mol. The Kier molecular flexibility index (Phi) is 4.44. The first kappa shape index (κ1) is 14.4. The van der Waals surface area contributed by atoms with Gasteiger partial charge in [0.25, 0.3) is 0 Å². The number of rotatable bonds is 7. The summed E-state index contributed by atoms with van der Waals surface area (Å²) in [5.74, 6) is 0.702. The molecule has 1 aromatic rings. The number of nitrogens with zero attached hydrogens (tertiary/aromatic N) is 1. The number of anilines is 1. The van der Waals surface area contributed by atoms with E-state index in [2.05, 4.69) is 34.5 Å². The van der Waals surface area contributed by atoms with E-state index in [1.165, 1.54) is 24.1 Å². The van der Waals surface area contributed by atoms with Gasteiger partial charge < -0.3 is 16.0 Å². The van der Waals surface area contributed by atoms with Crippen molar-refractivity contribution in [2.24, 2.45) is 11.7 Å². The molecule has 1 unspecified atom stereocenters. The zero-order chi connectivity index (χ0) is 14.7. The van der Waals surface area contributed by atoms with E-state index in [1.807, 2.05) is 0 Å². The van der Waals surface area contributed by atoms with E-state index >= 15 is 0 Å². The Morgan fingerprint density at radius 1 is 1.38 bits per heavy atom. The number of carbonyl (C=O) groups is 1. The van der Waals surface area contributed by atoms with Gasteiger partial charge in [0.15, 0.2) is 0 Å². The summed E-state index contributed by atoms with van der Waals surface area (Å²) in [5, 5.41) is 3.00. The average molecular weight is 287 g/mol. The standard InChI is InChI=1S/C17H25N3O/c18-15(13-6-7-13)12-17(21)19-9-3-10-20-11-8-14-4-1-2-5-16(14)20/h1-2,4-5,13,15H,3,6-12,18H2,(H,19,21). The van der Waals surface area contributed by atoms with Crippen LogP contribution in [0, 0.1) is 5.92 Å². The first-order valence-electron chi connectivity index (χ1n) is 8.09. The molecule has 2 aliphatic rings. The maximum absolute atomic E-state index is 11.8. The lowest BCUT2D eigenvalue weighted by atomic mass is 10.1. The second-order valence-electron chi connectivity index (χ2n) is 6.27. The largest absolute Gasteiger partial charge is 0.371 e. The number of para-hydroxylation sites is 1. The van der Waals surface area contributed by atoms with E-state index in [9.17, 15) is 4.79 Å². The van der Waals surface area contributed by atoms with Crippen LogP contribution in [-0.2, 0) is 11.2 Å². The predicted molar refractivity (Wildman–Crippen MR) is 85.3 cm³/mol. The van der Waals surface area contributed by atoms with Gasteiger partial charge >= 0.3 is 0 Å². The average Bonchev–Trinajstić information content (AvgIpc) is 3.26. The molecule has 1 heterocycles. The summed E-state index contributed by atoms with van der Waals surface area (Å²) in [7, 11) is 0. The van der Waals surface area contributed by atoms with Gasteiger partial charge in [-0.3, -0.25) is 4.79 Å². The molecule has 4 nitrogen and oxygen atoms in total. The van der Waals surface area contributed by atoms with Crippen LogP contribution >= 0.6 is 0 Å². The second kappa shape index (κ2) is 6.48. The summed E-state index contributed by atoms with van der Waals surface area (Å²) in [5.41, 5.74) is 8.77. The van der Waals surface area contributed by atoms with Crippen LogP contribution in [0.15, 0.2) is 24.3 Å². The minimum absolute atomic E-state index is 0.0652. The van der Waals surface area contributed by atoms with Gasteiger partial charge in [-0.15, -0.1) is 0 Å². The molecule has 1 aliphatic heterocycles. The summed E-state index contributed by atoms with van der Waals surface area (Å²) >= 11 is 0. The lowest BCUT2D eigenvalue weighted by Crippen LogP contribution is -2.34. The fraction of sp³-hybridized carbons (Fsp3) is 0.588. The number of hydrogen-bond donors (Lipinski definition) is 2. The van der Waals surface area contributed by atoms with Crippen LogP contribution in [0.4, 0.5) is 5.69 Å². The highest BCUT2D eigenvalue weighted by Crippen LogP contribution is 2.32. The molecule has 0 radical (unpaired) electrons. The molecule has 1 saturated carbocycles. The van der Waals surface area contributed by atoms with Crippen LogP contribution in [0.5, 0.6) is 0 Å². The molecule has 1 fully saturated rings. The minimum atomic E-state index is 0.0652. The number of benzene rings is 1. The fourth-order valence-corrected chi connectivity index (χ4v) is 3.11. The van der Waals surface area contributed by atoms with Crippen LogP contribution in [0.25, 0.3) is 0 Å². The summed E-state index contributed by atoms with van der Waals surface area (Å²) in [6.07, 6.45) is 5.00. The number of nitrogens with one attached hydrogen (secondary N) is 1. The molecule has 114 valence electrons.